The Kier molecular flexibility index (Phi) is 3.61. The van der Waals surface area contributed by atoms with Crippen molar-refractivity contribution in [2.24, 2.45) is 0 Å². The molecule has 4 nitrogen and oxygen atoms in total. The maximum absolute atomic E-state index is 12.4. The zero-order valence-corrected chi connectivity index (χ0v) is 12.1. The smallest absolute Gasteiger partial charge is 0.381 e. The first kappa shape index (κ1) is 15.6. The molecular weight excluding hydrogens is 297 g/mol. The van der Waals surface area contributed by atoms with Gasteiger partial charge in [-0.15, -0.1) is 0 Å². The van der Waals surface area contributed by atoms with E-state index in [1.54, 1.807) is 0 Å². The Morgan fingerprint density at radius 2 is 1.95 bits per heavy atom. The normalized spacial score (nSPS) is 34.0. The third-order valence-electron chi connectivity index (χ3n) is 4.09. The van der Waals surface area contributed by atoms with Gasteiger partial charge in [-0.2, -0.15) is 21.6 Å². The van der Waals surface area contributed by atoms with Gasteiger partial charge in [0.2, 0.25) is 0 Å². The van der Waals surface area contributed by atoms with Gasteiger partial charge in [-0.05, 0) is 31.8 Å². The van der Waals surface area contributed by atoms with Crippen LogP contribution in [-0.2, 0) is 19.0 Å². The van der Waals surface area contributed by atoms with Crippen LogP contribution in [0.25, 0.3) is 0 Å². The molecule has 0 amide bonds. The van der Waals surface area contributed by atoms with Crippen LogP contribution >= 0.6 is 0 Å². The quantitative estimate of drug-likeness (QED) is 0.590. The van der Waals surface area contributed by atoms with Crippen molar-refractivity contribution in [3.05, 3.63) is 11.8 Å². The Hall–Kier alpha value is -0.760. The molecule has 8 heteroatoms. The standard InChI is InChI=1S/C12H17F3O4S/c1-3-10-5-6-11(4-2,19-10)8-9(7-10)18-20(16,17)12(13,14)15/h7H,3-6,8H2,1-2H3. The molecule has 0 aromatic rings. The number of hydrogen-bond acceptors (Lipinski definition) is 4. The van der Waals surface area contributed by atoms with E-state index in [-0.39, 0.29) is 12.2 Å². The van der Waals surface area contributed by atoms with E-state index < -0.39 is 26.8 Å². The molecular formula is C12H17F3O4S. The molecule has 116 valence electrons. The summed E-state index contributed by atoms with van der Waals surface area (Å²) in [7, 11) is -5.61. The van der Waals surface area contributed by atoms with Gasteiger partial charge in [0.25, 0.3) is 0 Å². The first-order chi connectivity index (χ1) is 9.07. The van der Waals surface area contributed by atoms with Crippen molar-refractivity contribution in [1.29, 1.82) is 0 Å². The van der Waals surface area contributed by atoms with E-state index in [9.17, 15) is 21.6 Å². The molecule has 2 atom stereocenters. The number of hydrogen-bond donors (Lipinski definition) is 0. The summed E-state index contributed by atoms with van der Waals surface area (Å²) >= 11 is 0. The second kappa shape index (κ2) is 4.62. The summed E-state index contributed by atoms with van der Waals surface area (Å²) < 4.78 is 69.6. The molecule has 0 aromatic heterocycles. The van der Waals surface area contributed by atoms with E-state index in [2.05, 4.69) is 4.18 Å². The average Bonchev–Trinajstić information content (AvgIpc) is 2.61. The molecule has 2 aliphatic rings. The highest BCUT2D eigenvalue weighted by Crippen LogP contribution is 2.50. The Morgan fingerprint density at radius 1 is 1.30 bits per heavy atom. The number of alkyl halides is 3. The fourth-order valence-electron chi connectivity index (χ4n) is 2.83. The molecule has 2 rings (SSSR count). The Morgan fingerprint density at radius 3 is 2.45 bits per heavy atom. The number of ether oxygens (including phenoxy) is 1. The van der Waals surface area contributed by atoms with Crippen molar-refractivity contribution in [3.63, 3.8) is 0 Å². The Labute approximate surface area is 116 Å². The van der Waals surface area contributed by atoms with Gasteiger partial charge >= 0.3 is 15.6 Å². The zero-order valence-electron chi connectivity index (χ0n) is 11.3. The minimum absolute atomic E-state index is 0.0561. The van der Waals surface area contributed by atoms with Gasteiger partial charge in [-0.1, -0.05) is 13.8 Å². The SMILES string of the molecule is CCC12C=C(OS(=O)(=O)C(F)(F)F)CC(CC)(CC1)O2. The lowest BCUT2D eigenvalue weighted by Gasteiger charge is -2.37. The van der Waals surface area contributed by atoms with Crippen molar-refractivity contribution in [3.8, 4) is 0 Å². The Balaban J connectivity index is 2.30. The van der Waals surface area contributed by atoms with E-state index >= 15 is 0 Å². The van der Waals surface area contributed by atoms with E-state index in [0.29, 0.717) is 25.7 Å². The summed E-state index contributed by atoms with van der Waals surface area (Å²) in [6.45, 7) is 3.72. The minimum atomic E-state index is -5.61. The van der Waals surface area contributed by atoms with Gasteiger partial charge in [-0.3, -0.25) is 0 Å². The topological polar surface area (TPSA) is 52.6 Å². The van der Waals surface area contributed by atoms with Crippen LogP contribution in [0.3, 0.4) is 0 Å². The van der Waals surface area contributed by atoms with Gasteiger partial charge in [0.1, 0.15) is 5.76 Å². The molecule has 20 heavy (non-hydrogen) atoms. The van der Waals surface area contributed by atoms with Gasteiger partial charge in [-0.25, -0.2) is 0 Å². The largest absolute Gasteiger partial charge is 0.534 e. The summed E-state index contributed by atoms with van der Waals surface area (Å²) in [4.78, 5) is 0. The van der Waals surface area contributed by atoms with Crippen LogP contribution in [0.15, 0.2) is 11.8 Å². The summed E-state index contributed by atoms with van der Waals surface area (Å²) in [6.07, 6.45) is 3.97. The lowest BCUT2D eigenvalue weighted by molar-refractivity contribution is -0.100. The number of fused-ring (bicyclic) bond motifs is 2. The van der Waals surface area contributed by atoms with Crippen molar-refractivity contribution < 1.29 is 30.5 Å². The van der Waals surface area contributed by atoms with E-state index in [1.807, 2.05) is 13.8 Å². The van der Waals surface area contributed by atoms with Crippen LogP contribution < -0.4 is 0 Å². The van der Waals surface area contributed by atoms with E-state index in [4.69, 9.17) is 4.74 Å². The van der Waals surface area contributed by atoms with E-state index in [1.165, 1.54) is 6.08 Å². The molecule has 0 aromatic carbocycles. The fourth-order valence-corrected chi connectivity index (χ4v) is 3.31. The third-order valence-corrected chi connectivity index (χ3v) is 5.09. The van der Waals surface area contributed by atoms with E-state index in [0.717, 1.165) is 0 Å². The third kappa shape index (κ3) is 2.55. The molecule has 2 aliphatic heterocycles. The van der Waals surface area contributed by atoms with Crippen LogP contribution in [0.2, 0.25) is 0 Å². The molecule has 0 spiro atoms. The first-order valence-corrected chi connectivity index (χ1v) is 7.90. The highest BCUT2D eigenvalue weighted by molar-refractivity contribution is 7.87. The summed E-state index contributed by atoms with van der Waals surface area (Å²) in [5.41, 5.74) is -6.73. The van der Waals surface area contributed by atoms with Crippen LogP contribution in [-0.4, -0.2) is 25.1 Å². The molecule has 2 heterocycles. The molecule has 1 saturated heterocycles. The molecule has 0 radical (unpaired) electrons. The minimum Gasteiger partial charge on any atom is -0.381 e. The molecule has 2 bridgehead atoms. The predicted molar refractivity (Wildman–Crippen MR) is 65.1 cm³/mol. The average molecular weight is 314 g/mol. The van der Waals surface area contributed by atoms with Crippen LogP contribution in [0.1, 0.15) is 46.0 Å². The van der Waals surface area contributed by atoms with Gasteiger partial charge in [0.15, 0.2) is 0 Å². The monoisotopic (exact) mass is 314 g/mol. The molecule has 1 fully saturated rings. The van der Waals surface area contributed by atoms with Gasteiger partial charge < -0.3 is 8.92 Å². The van der Waals surface area contributed by atoms with Crippen molar-refractivity contribution in [2.45, 2.75) is 62.7 Å². The predicted octanol–water partition coefficient (Wildman–Crippen LogP) is 3.25. The summed E-state index contributed by atoms with van der Waals surface area (Å²) in [6, 6.07) is 0. The second-order valence-corrected chi connectivity index (χ2v) is 6.87. The molecule has 0 saturated carbocycles. The van der Waals surface area contributed by atoms with Crippen LogP contribution in [0.5, 0.6) is 0 Å². The Bertz CT molecular complexity index is 525. The molecule has 0 aliphatic carbocycles. The molecule has 0 N–H and O–H groups in total. The van der Waals surface area contributed by atoms with Gasteiger partial charge in [0, 0.05) is 6.42 Å². The van der Waals surface area contributed by atoms with Crippen molar-refractivity contribution >= 4 is 10.1 Å². The highest BCUT2D eigenvalue weighted by Gasteiger charge is 2.54. The van der Waals surface area contributed by atoms with Crippen LogP contribution in [0, 0.1) is 0 Å². The fraction of sp³-hybridized carbons (Fsp3) is 0.833. The zero-order chi connectivity index (χ0) is 15.2. The maximum Gasteiger partial charge on any atom is 0.534 e. The number of rotatable bonds is 4. The lowest BCUT2D eigenvalue weighted by atomic mass is 9.93. The first-order valence-electron chi connectivity index (χ1n) is 6.50. The van der Waals surface area contributed by atoms with Crippen molar-refractivity contribution in [2.75, 3.05) is 0 Å². The summed E-state index contributed by atoms with van der Waals surface area (Å²) in [5.74, 6) is -0.158. The van der Waals surface area contributed by atoms with Gasteiger partial charge in [0.05, 0.1) is 11.2 Å². The second-order valence-electron chi connectivity index (χ2n) is 5.33. The van der Waals surface area contributed by atoms with Crippen molar-refractivity contribution in [1.82, 2.24) is 0 Å². The molecule has 2 unspecified atom stereocenters. The summed E-state index contributed by atoms with van der Waals surface area (Å²) in [5, 5.41) is 0. The van der Waals surface area contributed by atoms with Crippen LogP contribution in [0.4, 0.5) is 13.2 Å². The number of halogens is 3. The highest BCUT2D eigenvalue weighted by atomic mass is 32.2. The maximum atomic E-state index is 12.4. The lowest BCUT2D eigenvalue weighted by Crippen LogP contribution is -2.39.